The third-order valence-electron chi connectivity index (χ3n) is 4.60. The molecular weight excluding hydrogens is 357 g/mol. The van der Waals surface area contributed by atoms with E-state index in [1.54, 1.807) is 6.92 Å². The van der Waals surface area contributed by atoms with Gasteiger partial charge in [-0.05, 0) is 24.6 Å². The Hall–Kier alpha value is -3.62. The van der Waals surface area contributed by atoms with Crippen LogP contribution in [-0.4, -0.2) is 28.6 Å². The number of nitro benzene ring substituents is 1. The number of hydrogen-bond acceptors (Lipinski definition) is 6. The summed E-state index contributed by atoms with van der Waals surface area (Å²) < 4.78 is 13.2. The van der Waals surface area contributed by atoms with Crippen LogP contribution >= 0.6 is 0 Å². The molecule has 4 rings (SSSR count). The minimum atomic E-state index is -1.14. The quantitative estimate of drug-likeness (QED) is 0.469. The molecule has 0 aliphatic carbocycles. The molecule has 0 bridgehead atoms. The fraction of sp³-hybridized carbons (Fsp3) is 0.167. The molecule has 2 heterocycles. The summed E-state index contributed by atoms with van der Waals surface area (Å²) in [6.45, 7) is 1.64. The van der Waals surface area contributed by atoms with Gasteiger partial charge in [-0.3, -0.25) is 19.7 Å². The maximum atomic E-state index is 13.2. The van der Waals surface area contributed by atoms with Crippen LogP contribution in [0.2, 0.25) is 0 Å². The lowest BCUT2D eigenvalue weighted by Crippen LogP contribution is -2.33. The lowest BCUT2D eigenvalue weighted by molar-refractivity contribution is -0.384. The molecule has 2 aliphatic heterocycles. The highest BCUT2D eigenvalue weighted by Crippen LogP contribution is 2.37. The minimum Gasteiger partial charge on any atom is -0.381 e. The number of halogens is 1. The van der Waals surface area contributed by atoms with Gasteiger partial charge in [0, 0.05) is 17.7 Å². The van der Waals surface area contributed by atoms with Crippen molar-refractivity contribution in [2.45, 2.75) is 13.0 Å². The number of nitro groups is 1. The number of hydrogen-bond donors (Lipinski definition) is 0. The second-order valence-electron chi connectivity index (χ2n) is 6.23. The summed E-state index contributed by atoms with van der Waals surface area (Å²) >= 11 is 0. The Morgan fingerprint density at radius 3 is 2.52 bits per heavy atom. The number of rotatable bonds is 3. The number of fused-ring (bicyclic) bond motifs is 1. The van der Waals surface area contributed by atoms with Crippen molar-refractivity contribution >= 4 is 28.9 Å². The average Bonchev–Trinajstić information content (AvgIpc) is 3.17. The summed E-state index contributed by atoms with van der Waals surface area (Å²) in [5.74, 6) is -2.66. The van der Waals surface area contributed by atoms with Crippen molar-refractivity contribution in [1.82, 2.24) is 0 Å². The number of imide groups is 1. The predicted octanol–water partition coefficient (Wildman–Crippen LogP) is 2.33. The second-order valence-corrected chi connectivity index (χ2v) is 6.23. The van der Waals surface area contributed by atoms with Crippen LogP contribution in [-0.2, 0) is 14.4 Å². The zero-order chi connectivity index (χ0) is 19.3. The highest BCUT2D eigenvalue weighted by atomic mass is 19.1. The van der Waals surface area contributed by atoms with Crippen LogP contribution in [0.4, 0.5) is 15.8 Å². The summed E-state index contributed by atoms with van der Waals surface area (Å²) in [6.07, 6.45) is -1.14. The molecule has 0 N–H and O–H groups in total. The molecule has 1 saturated heterocycles. The van der Waals surface area contributed by atoms with Crippen molar-refractivity contribution in [3.63, 3.8) is 0 Å². The summed E-state index contributed by atoms with van der Waals surface area (Å²) in [5.41, 5.74) is 1.12. The van der Waals surface area contributed by atoms with E-state index >= 15 is 0 Å². The van der Waals surface area contributed by atoms with Crippen LogP contribution in [0.25, 0.3) is 0 Å². The molecule has 0 saturated carbocycles. The number of benzene rings is 2. The third kappa shape index (κ3) is 2.55. The molecule has 0 radical (unpaired) electrons. The molecular formula is C18H12FN3O5. The van der Waals surface area contributed by atoms with Crippen molar-refractivity contribution < 1.29 is 23.7 Å². The summed E-state index contributed by atoms with van der Waals surface area (Å²) in [5, 5.41) is 14.9. The van der Waals surface area contributed by atoms with Crippen LogP contribution in [0.15, 0.2) is 47.6 Å². The second kappa shape index (κ2) is 5.97. The molecule has 2 aromatic rings. The molecule has 136 valence electrons. The normalized spacial score (nSPS) is 21.1. The van der Waals surface area contributed by atoms with Gasteiger partial charge >= 0.3 is 0 Å². The summed E-state index contributed by atoms with van der Waals surface area (Å²) in [6, 6.07) is 9.27. The maximum absolute atomic E-state index is 13.2. The first-order valence-electron chi connectivity index (χ1n) is 8.01. The monoisotopic (exact) mass is 369 g/mol. The molecule has 2 aromatic carbocycles. The molecule has 27 heavy (non-hydrogen) atoms. The Balaban J connectivity index is 1.73. The zero-order valence-electron chi connectivity index (χ0n) is 14.0. The van der Waals surface area contributed by atoms with Gasteiger partial charge in [0.1, 0.15) is 17.4 Å². The highest BCUT2D eigenvalue weighted by molar-refractivity contribution is 6.32. The predicted molar refractivity (Wildman–Crippen MR) is 91.6 cm³/mol. The third-order valence-corrected chi connectivity index (χ3v) is 4.60. The standard InChI is InChI=1S/C18H12FN3O5/c1-9-2-7-12(22(25)26)8-13(9)21-17(23)14-15(20-27-16(14)18(21)24)10-3-5-11(19)6-4-10/h2-8,14,16H,1H3/t14-,16+/m1/s1. The first-order chi connectivity index (χ1) is 12.9. The van der Waals surface area contributed by atoms with Crippen LogP contribution in [0, 0.1) is 28.8 Å². The van der Waals surface area contributed by atoms with Crippen molar-refractivity contribution in [3.8, 4) is 0 Å². The Morgan fingerprint density at radius 1 is 1.15 bits per heavy atom. The van der Waals surface area contributed by atoms with E-state index in [0.29, 0.717) is 11.1 Å². The Bertz CT molecular complexity index is 1020. The SMILES string of the molecule is Cc1ccc([N+](=O)[O-])cc1N1C(=O)[C@@H]2C(c3ccc(F)cc3)=NO[C@@H]2C1=O. The summed E-state index contributed by atoms with van der Waals surface area (Å²) in [7, 11) is 0. The smallest absolute Gasteiger partial charge is 0.278 e. The lowest BCUT2D eigenvalue weighted by Gasteiger charge is -2.17. The number of non-ortho nitro benzene ring substituents is 1. The Kier molecular flexibility index (Phi) is 3.72. The van der Waals surface area contributed by atoms with Crippen molar-refractivity contribution in [2.24, 2.45) is 11.1 Å². The molecule has 0 spiro atoms. The van der Waals surface area contributed by atoms with Gasteiger partial charge in [-0.1, -0.05) is 23.4 Å². The van der Waals surface area contributed by atoms with E-state index < -0.39 is 34.6 Å². The van der Waals surface area contributed by atoms with Crippen LogP contribution in [0.3, 0.4) is 0 Å². The number of nitrogens with zero attached hydrogens (tertiary/aromatic N) is 3. The van der Waals surface area contributed by atoms with E-state index in [9.17, 15) is 24.1 Å². The maximum Gasteiger partial charge on any atom is 0.278 e. The van der Waals surface area contributed by atoms with E-state index in [1.807, 2.05) is 0 Å². The number of oxime groups is 1. The fourth-order valence-corrected chi connectivity index (χ4v) is 3.23. The topological polar surface area (TPSA) is 102 Å². The molecule has 8 nitrogen and oxygen atoms in total. The van der Waals surface area contributed by atoms with Gasteiger partial charge in [-0.15, -0.1) is 0 Å². The first-order valence-corrected chi connectivity index (χ1v) is 8.01. The van der Waals surface area contributed by atoms with Crippen LogP contribution in [0.5, 0.6) is 0 Å². The minimum absolute atomic E-state index is 0.135. The number of anilines is 1. The Morgan fingerprint density at radius 2 is 1.85 bits per heavy atom. The van der Waals surface area contributed by atoms with Crippen molar-refractivity contribution in [2.75, 3.05) is 4.90 Å². The molecule has 9 heteroatoms. The van der Waals surface area contributed by atoms with Gasteiger partial charge in [0.05, 0.1) is 10.6 Å². The number of aryl methyl sites for hydroxylation is 1. The van der Waals surface area contributed by atoms with Crippen LogP contribution < -0.4 is 4.90 Å². The molecule has 2 atom stereocenters. The molecule has 0 unspecified atom stereocenters. The first kappa shape index (κ1) is 16.8. The van der Waals surface area contributed by atoms with Gasteiger partial charge in [0.15, 0.2) is 0 Å². The fourth-order valence-electron chi connectivity index (χ4n) is 3.23. The molecule has 0 aromatic heterocycles. The lowest BCUT2D eigenvalue weighted by atomic mass is 9.94. The Labute approximate surface area is 152 Å². The van der Waals surface area contributed by atoms with E-state index in [2.05, 4.69) is 5.16 Å². The van der Waals surface area contributed by atoms with Gasteiger partial charge in [-0.25, -0.2) is 9.29 Å². The molecule has 1 fully saturated rings. The largest absolute Gasteiger partial charge is 0.381 e. The highest BCUT2D eigenvalue weighted by Gasteiger charge is 2.56. The molecule has 2 aliphatic rings. The van der Waals surface area contributed by atoms with Gasteiger partial charge in [0.2, 0.25) is 12.0 Å². The molecule has 2 amide bonds. The zero-order valence-corrected chi connectivity index (χ0v) is 14.0. The van der Waals surface area contributed by atoms with Crippen LogP contribution in [0.1, 0.15) is 11.1 Å². The number of carbonyl (C=O) groups is 2. The van der Waals surface area contributed by atoms with E-state index in [1.165, 1.54) is 42.5 Å². The van der Waals surface area contributed by atoms with E-state index in [4.69, 9.17) is 4.84 Å². The van der Waals surface area contributed by atoms with Crippen molar-refractivity contribution in [1.29, 1.82) is 0 Å². The number of amides is 2. The average molecular weight is 369 g/mol. The van der Waals surface area contributed by atoms with Gasteiger partial charge in [-0.2, -0.15) is 0 Å². The van der Waals surface area contributed by atoms with Crippen molar-refractivity contribution in [3.05, 3.63) is 69.5 Å². The van der Waals surface area contributed by atoms with E-state index in [-0.39, 0.29) is 17.1 Å². The summed E-state index contributed by atoms with van der Waals surface area (Å²) in [4.78, 5) is 42.2. The van der Waals surface area contributed by atoms with E-state index in [0.717, 1.165) is 4.90 Å². The number of carbonyl (C=O) groups excluding carboxylic acids is 2. The van der Waals surface area contributed by atoms with Gasteiger partial charge in [0.25, 0.3) is 11.6 Å². The van der Waals surface area contributed by atoms with Gasteiger partial charge < -0.3 is 4.84 Å².